The van der Waals surface area contributed by atoms with Crippen molar-refractivity contribution in [3.05, 3.63) is 0 Å². The molecule has 0 spiro atoms. The lowest BCUT2D eigenvalue weighted by molar-refractivity contribution is -0.161. The predicted octanol–water partition coefficient (Wildman–Crippen LogP) is 19.7. The Bertz CT molecular complexity index is 1700. The smallest absolute Gasteiger partial charge is 0.462 e. The van der Waals surface area contributed by atoms with Crippen molar-refractivity contribution in [1.82, 2.24) is 0 Å². The molecule has 0 aromatic carbocycles. The van der Waals surface area contributed by atoms with E-state index in [4.69, 9.17) is 37.0 Å². The standard InChI is InChI=1S/C69H134O17P2/c1-6-9-12-15-17-19-21-23-24-25-26-32-36-40-45-50-55-69(74)86-65(59-80-67(72)53-48-43-38-34-31-28-27-29-33-37-42-46-51-62(4)5)61-84-88(77,78)82-57-63(70)56-81-87(75,76)83-60-64(58-79-66(71)52-47-41-14-11-8-3)85-68(73)54-49-44-39-35-30-22-20-18-16-13-10-7-2/h62-65,70H,6-61H2,1-5H3,(H,75,76)(H,77,78)/t63-,64+,65+/m0/s1. The van der Waals surface area contributed by atoms with Crippen molar-refractivity contribution >= 4 is 39.5 Å². The molecule has 0 saturated heterocycles. The highest BCUT2D eigenvalue weighted by Gasteiger charge is 2.30. The molecule has 3 N–H and O–H groups in total. The second kappa shape index (κ2) is 62.5. The molecule has 5 atom stereocenters. The molecule has 522 valence electrons. The summed E-state index contributed by atoms with van der Waals surface area (Å²) in [6.07, 6.45) is 48.8. The van der Waals surface area contributed by atoms with Gasteiger partial charge in [-0.3, -0.25) is 37.3 Å². The van der Waals surface area contributed by atoms with E-state index in [1.165, 1.54) is 173 Å². The number of rotatable bonds is 69. The first kappa shape index (κ1) is 86.1. The van der Waals surface area contributed by atoms with Crippen LogP contribution >= 0.6 is 15.6 Å². The third-order valence-electron chi connectivity index (χ3n) is 16.0. The molecular weight excluding hydrogens is 1160 g/mol. The van der Waals surface area contributed by atoms with Crippen molar-refractivity contribution in [3.63, 3.8) is 0 Å². The van der Waals surface area contributed by atoms with Gasteiger partial charge < -0.3 is 33.8 Å². The fraction of sp³-hybridized carbons (Fsp3) is 0.942. The van der Waals surface area contributed by atoms with Gasteiger partial charge in [-0.15, -0.1) is 0 Å². The van der Waals surface area contributed by atoms with Gasteiger partial charge in [-0.25, -0.2) is 9.13 Å². The minimum atomic E-state index is -4.95. The monoisotopic (exact) mass is 1300 g/mol. The number of carbonyl (C=O) groups excluding carboxylic acids is 4. The first-order chi connectivity index (χ1) is 42.5. The maximum Gasteiger partial charge on any atom is 0.472 e. The minimum absolute atomic E-state index is 0.107. The molecule has 0 aliphatic carbocycles. The molecule has 0 radical (unpaired) electrons. The number of aliphatic hydroxyl groups is 1. The molecule has 0 bridgehead atoms. The summed E-state index contributed by atoms with van der Waals surface area (Å²) >= 11 is 0. The number of aliphatic hydroxyl groups excluding tert-OH is 1. The van der Waals surface area contributed by atoms with E-state index in [0.29, 0.717) is 25.7 Å². The first-order valence-electron chi connectivity index (χ1n) is 36.1. The topological polar surface area (TPSA) is 237 Å². The number of carbonyl (C=O) groups is 4. The molecule has 2 unspecified atom stereocenters. The number of phosphoric acid groups is 2. The van der Waals surface area contributed by atoms with E-state index in [1.54, 1.807) is 0 Å². The molecule has 0 heterocycles. The highest BCUT2D eigenvalue weighted by Crippen LogP contribution is 2.45. The number of hydrogen-bond donors (Lipinski definition) is 3. The zero-order valence-corrected chi connectivity index (χ0v) is 58.6. The Morgan fingerprint density at radius 1 is 0.307 bits per heavy atom. The van der Waals surface area contributed by atoms with Crippen LogP contribution in [0.5, 0.6) is 0 Å². The van der Waals surface area contributed by atoms with Gasteiger partial charge in [0, 0.05) is 25.7 Å². The summed E-state index contributed by atoms with van der Waals surface area (Å²) in [5, 5.41) is 10.6. The van der Waals surface area contributed by atoms with Crippen LogP contribution in [0.2, 0.25) is 0 Å². The van der Waals surface area contributed by atoms with Gasteiger partial charge in [0.15, 0.2) is 12.2 Å². The van der Waals surface area contributed by atoms with E-state index in [9.17, 15) is 43.2 Å². The summed E-state index contributed by atoms with van der Waals surface area (Å²) in [5.41, 5.74) is 0. The van der Waals surface area contributed by atoms with Crippen molar-refractivity contribution < 1.29 is 80.2 Å². The molecule has 0 aromatic rings. The SMILES string of the molecule is CCCCCCCCCCCCCCCCCCC(=O)O[C@H](COC(=O)CCCCCCCCCCCCCCC(C)C)COP(=O)(O)OC[C@@H](O)COP(=O)(O)OC[C@@H](COC(=O)CCCCCCC)OC(=O)CCCCCCCCCCCCCC. The Hall–Kier alpha value is -1.94. The molecular formula is C69H134O17P2. The van der Waals surface area contributed by atoms with Gasteiger partial charge in [0.05, 0.1) is 26.4 Å². The number of unbranched alkanes of at least 4 members (excludes halogenated alkanes) is 41. The zero-order valence-electron chi connectivity index (χ0n) is 56.9. The first-order valence-corrected chi connectivity index (χ1v) is 39.1. The Labute approximate surface area is 537 Å². The minimum Gasteiger partial charge on any atom is -0.462 e. The summed E-state index contributed by atoms with van der Waals surface area (Å²) < 4.78 is 68.0. The number of hydrogen-bond acceptors (Lipinski definition) is 15. The van der Waals surface area contributed by atoms with E-state index in [2.05, 4.69) is 34.6 Å². The second-order valence-corrected chi connectivity index (χ2v) is 28.3. The largest absolute Gasteiger partial charge is 0.472 e. The molecule has 19 heteroatoms. The van der Waals surface area contributed by atoms with Crippen LogP contribution in [-0.4, -0.2) is 96.7 Å². The van der Waals surface area contributed by atoms with Crippen molar-refractivity contribution in [2.45, 2.75) is 374 Å². The average Bonchev–Trinajstić information content (AvgIpc) is 3.51. The quantitative estimate of drug-likeness (QED) is 0.0222. The van der Waals surface area contributed by atoms with Crippen LogP contribution in [0.1, 0.15) is 356 Å². The van der Waals surface area contributed by atoms with Crippen LogP contribution in [0.4, 0.5) is 0 Å². The van der Waals surface area contributed by atoms with Crippen LogP contribution < -0.4 is 0 Å². The Morgan fingerprint density at radius 2 is 0.523 bits per heavy atom. The summed E-state index contributed by atoms with van der Waals surface area (Å²) in [4.78, 5) is 72.2. The van der Waals surface area contributed by atoms with Crippen LogP contribution in [0.25, 0.3) is 0 Å². The van der Waals surface area contributed by atoms with Crippen LogP contribution in [-0.2, 0) is 65.4 Å². The molecule has 17 nitrogen and oxygen atoms in total. The number of ether oxygens (including phenoxy) is 4. The molecule has 0 aromatic heterocycles. The van der Waals surface area contributed by atoms with Gasteiger partial charge >= 0.3 is 39.5 Å². The summed E-state index contributed by atoms with van der Waals surface area (Å²) in [5.74, 6) is -1.35. The Morgan fingerprint density at radius 3 is 0.773 bits per heavy atom. The van der Waals surface area contributed by atoms with E-state index >= 15 is 0 Å². The molecule has 0 aliphatic heterocycles. The number of esters is 4. The highest BCUT2D eigenvalue weighted by atomic mass is 31.2. The summed E-state index contributed by atoms with van der Waals surface area (Å²) in [7, 11) is -9.89. The molecule has 0 rings (SSSR count). The lowest BCUT2D eigenvalue weighted by Gasteiger charge is -2.21. The van der Waals surface area contributed by atoms with Gasteiger partial charge in [0.1, 0.15) is 19.3 Å². The van der Waals surface area contributed by atoms with Crippen molar-refractivity contribution in [2.75, 3.05) is 39.6 Å². The van der Waals surface area contributed by atoms with Gasteiger partial charge in [0.2, 0.25) is 0 Å². The summed E-state index contributed by atoms with van der Waals surface area (Å²) in [6.45, 7) is 7.17. The van der Waals surface area contributed by atoms with E-state index in [1.807, 2.05) is 0 Å². The third kappa shape index (κ3) is 62.8. The maximum absolute atomic E-state index is 13.0. The maximum atomic E-state index is 13.0. The zero-order chi connectivity index (χ0) is 64.9. The van der Waals surface area contributed by atoms with Crippen LogP contribution in [0, 0.1) is 5.92 Å². The van der Waals surface area contributed by atoms with Crippen molar-refractivity contribution in [3.8, 4) is 0 Å². The lowest BCUT2D eigenvalue weighted by Crippen LogP contribution is -2.30. The second-order valence-electron chi connectivity index (χ2n) is 25.4. The molecule has 88 heavy (non-hydrogen) atoms. The predicted molar refractivity (Wildman–Crippen MR) is 354 cm³/mol. The van der Waals surface area contributed by atoms with E-state index in [0.717, 1.165) is 102 Å². The number of phosphoric ester groups is 2. The molecule has 0 amide bonds. The highest BCUT2D eigenvalue weighted by molar-refractivity contribution is 7.47. The summed E-state index contributed by atoms with van der Waals surface area (Å²) in [6, 6.07) is 0. The lowest BCUT2D eigenvalue weighted by atomic mass is 10.0. The Kier molecular flexibility index (Phi) is 61.1. The van der Waals surface area contributed by atoms with E-state index in [-0.39, 0.29) is 25.7 Å². The van der Waals surface area contributed by atoms with Gasteiger partial charge in [-0.05, 0) is 31.6 Å². The van der Waals surface area contributed by atoms with Gasteiger partial charge in [-0.1, -0.05) is 304 Å². The van der Waals surface area contributed by atoms with Gasteiger partial charge in [-0.2, -0.15) is 0 Å². The van der Waals surface area contributed by atoms with Gasteiger partial charge in [0.25, 0.3) is 0 Å². The van der Waals surface area contributed by atoms with Crippen LogP contribution in [0.3, 0.4) is 0 Å². The van der Waals surface area contributed by atoms with Crippen molar-refractivity contribution in [2.24, 2.45) is 5.92 Å². The fourth-order valence-corrected chi connectivity index (χ4v) is 12.0. The molecule has 0 fully saturated rings. The third-order valence-corrected chi connectivity index (χ3v) is 17.9. The van der Waals surface area contributed by atoms with E-state index < -0.39 is 97.5 Å². The average molecular weight is 1300 g/mol. The molecule has 0 aliphatic rings. The normalized spacial score (nSPS) is 14.1. The van der Waals surface area contributed by atoms with Crippen LogP contribution in [0.15, 0.2) is 0 Å². The van der Waals surface area contributed by atoms with Crippen molar-refractivity contribution in [1.29, 1.82) is 0 Å². The Balaban J connectivity index is 5.16. The molecule has 0 saturated carbocycles. The fourth-order valence-electron chi connectivity index (χ4n) is 10.5.